The molecule has 2 heterocycles. The van der Waals surface area contributed by atoms with E-state index in [1.807, 2.05) is 18.2 Å². The highest BCUT2D eigenvalue weighted by Gasteiger charge is 2.29. The molecule has 154 valence electrons. The molecule has 0 aromatic heterocycles. The van der Waals surface area contributed by atoms with E-state index in [4.69, 9.17) is 9.47 Å². The van der Waals surface area contributed by atoms with Gasteiger partial charge in [0.05, 0.1) is 0 Å². The van der Waals surface area contributed by atoms with Gasteiger partial charge < -0.3 is 14.4 Å². The zero-order chi connectivity index (χ0) is 20.4. The molecule has 0 atom stereocenters. The molecular weight excluding hydrogens is 405 g/mol. The van der Waals surface area contributed by atoms with E-state index in [0.29, 0.717) is 18.7 Å². The maximum absolute atomic E-state index is 12.6. The largest absolute Gasteiger partial charge is 0.454 e. The van der Waals surface area contributed by atoms with Crippen LogP contribution in [-0.4, -0.2) is 54.2 Å². The highest BCUT2D eigenvalue weighted by molar-refractivity contribution is 8.00. The first-order valence-corrected chi connectivity index (χ1v) is 9.95. The molecule has 0 bridgehead atoms. The van der Waals surface area contributed by atoms with Crippen LogP contribution in [0.4, 0.5) is 13.2 Å². The summed E-state index contributed by atoms with van der Waals surface area (Å²) in [7, 11) is 0. The van der Waals surface area contributed by atoms with Crippen LogP contribution in [0.15, 0.2) is 47.4 Å². The lowest BCUT2D eigenvalue weighted by molar-refractivity contribution is -0.0328. The summed E-state index contributed by atoms with van der Waals surface area (Å²) < 4.78 is 48.0. The first-order chi connectivity index (χ1) is 13.9. The minimum Gasteiger partial charge on any atom is -0.454 e. The standard InChI is InChI=1S/C20H19F3N2O3S/c21-20(22,23)29-16-4-2-15(3-5-16)19(26)25-9-7-24(8-10-25)12-14-1-6-17-18(11-14)28-13-27-17/h1-6,11H,7-10,12-13H2. The van der Waals surface area contributed by atoms with Crippen LogP contribution >= 0.6 is 11.8 Å². The number of rotatable bonds is 4. The molecule has 1 fully saturated rings. The molecule has 0 spiro atoms. The van der Waals surface area contributed by atoms with Crippen LogP contribution in [0.5, 0.6) is 11.5 Å². The van der Waals surface area contributed by atoms with Crippen molar-refractivity contribution in [2.24, 2.45) is 0 Å². The quantitative estimate of drug-likeness (QED) is 0.695. The average molecular weight is 424 g/mol. The first-order valence-electron chi connectivity index (χ1n) is 9.13. The van der Waals surface area contributed by atoms with Crippen molar-refractivity contribution in [3.05, 3.63) is 53.6 Å². The Balaban J connectivity index is 1.30. The molecule has 2 aliphatic heterocycles. The van der Waals surface area contributed by atoms with E-state index in [9.17, 15) is 18.0 Å². The van der Waals surface area contributed by atoms with Gasteiger partial charge in [-0.25, -0.2) is 0 Å². The number of thioether (sulfide) groups is 1. The van der Waals surface area contributed by atoms with E-state index in [1.165, 1.54) is 24.3 Å². The van der Waals surface area contributed by atoms with Gasteiger partial charge in [0.2, 0.25) is 6.79 Å². The molecule has 5 nitrogen and oxygen atoms in total. The lowest BCUT2D eigenvalue weighted by Gasteiger charge is -2.34. The summed E-state index contributed by atoms with van der Waals surface area (Å²) in [6.07, 6.45) is 0. The minimum atomic E-state index is -4.33. The topological polar surface area (TPSA) is 42.0 Å². The van der Waals surface area contributed by atoms with Gasteiger partial charge >= 0.3 is 5.51 Å². The molecule has 2 aliphatic rings. The number of nitrogens with zero attached hydrogens (tertiary/aromatic N) is 2. The number of benzene rings is 2. The Morgan fingerprint density at radius 2 is 1.66 bits per heavy atom. The Morgan fingerprint density at radius 1 is 0.966 bits per heavy atom. The van der Waals surface area contributed by atoms with Crippen molar-refractivity contribution in [1.82, 2.24) is 9.80 Å². The summed E-state index contributed by atoms with van der Waals surface area (Å²) in [5, 5.41) is 0. The number of carbonyl (C=O) groups excluding carboxylic acids is 1. The van der Waals surface area contributed by atoms with Crippen molar-refractivity contribution >= 4 is 17.7 Å². The summed E-state index contributed by atoms with van der Waals surface area (Å²) in [4.78, 5) is 16.7. The number of hydrogen-bond acceptors (Lipinski definition) is 5. The van der Waals surface area contributed by atoms with Gasteiger partial charge in [-0.15, -0.1) is 0 Å². The fourth-order valence-electron chi connectivity index (χ4n) is 3.39. The lowest BCUT2D eigenvalue weighted by atomic mass is 10.1. The van der Waals surface area contributed by atoms with E-state index in [0.717, 1.165) is 36.7 Å². The van der Waals surface area contributed by atoms with Gasteiger partial charge in [0.15, 0.2) is 11.5 Å². The van der Waals surface area contributed by atoms with Gasteiger partial charge in [-0.3, -0.25) is 9.69 Å². The molecule has 1 amide bonds. The van der Waals surface area contributed by atoms with Crippen molar-refractivity contribution in [1.29, 1.82) is 0 Å². The van der Waals surface area contributed by atoms with Gasteiger partial charge in [-0.1, -0.05) is 6.07 Å². The Bertz CT molecular complexity index is 882. The first kappa shape index (κ1) is 19.9. The maximum atomic E-state index is 12.6. The van der Waals surface area contributed by atoms with E-state index in [1.54, 1.807) is 4.90 Å². The second-order valence-electron chi connectivity index (χ2n) is 6.83. The third-order valence-corrected chi connectivity index (χ3v) is 5.58. The molecular formula is C20H19F3N2O3S. The van der Waals surface area contributed by atoms with Crippen LogP contribution in [0.3, 0.4) is 0 Å². The zero-order valence-electron chi connectivity index (χ0n) is 15.4. The highest BCUT2D eigenvalue weighted by atomic mass is 32.2. The number of fused-ring (bicyclic) bond motifs is 1. The number of carbonyl (C=O) groups is 1. The second kappa shape index (κ2) is 8.16. The van der Waals surface area contributed by atoms with Crippen molar-refractivity contribution in [3.63, 3.8) is 0 Å². The summed E-state index contributed by atoms with van der Waals surface area (Å²) >= 11 is -0.183. The number of halogens is 3. The summed E-state index contributed by atoms with van der Waals surface area (Å²) in [6.45, 7) is 3.59. The van der Waals surface area contributed by atoms with Crippen LogP contribution in [0, 0.1) is 0 Å². The predicted molar refractivity (Wildman–Crippen MR) is 102 cm³/mol. The van der Waals surface area contributed by atoms with Crippen LogP contribution in [0.2, 0.25) is 0 Å². The highest BCUT2D eigenvalue weighted by Crippen LogP contribution is 2.37. The Kier molecular flexibility index (Phi) is 5.60. The third-order valence-electron chi connectivity index (χ3n) is 4.84. The van der Waals surface area contributed by atoms with E-state index in [2.05, 4.69) is 4.90 Å². The molecule has 0 N–H and O–H groups in total. The molecule has 0 saturated carbocycles. The fraction of sp³-hybridized carbons (Fsp3) is 0.350. The third kappa shape index (κ3) is 4.97. The van der Waals surface area contributed by atoms with Gasteiger partial charge in [-0.05, 0) is 53.7 Å². The van der Waals surface area contributed by atoms with Crippen LogP contribution in [0.25, 0.3) is 0 Å². The number of alkyl halides is 3. The van der Waals surface area contributed by atoms with E-state index < -0.39 is 5.51 Å². The van der Waals surface area contributed by atoms with Gasteiger partial charge in [-0.2, -0.15) is 13.2 Å². The Hall–Kier alpha value is -2.39. The predicted octanol–water partition coefficient (Wildman–Crippen LogP) is 3.99. The number of hydrogen-bond donors (Lipinski definition) is 0. The van der Waals surface area contributed by atoms with Crippen molar-refractivity contribution in [2.45, 2.75) is 16.9 Å². The molecule has 0 aliphatic carbocycles. The molecule has 0 unspecified atom stereocenters. The summed E-state index contributed by atoms with van der Waals surface area (Å²) in [6, 6.07) is 11.5. The lowest BCUT2D eigenvalue weighted by Crippen LogP contribution is -2.48. The van der Waals surface area contributed by atoms with Crippen molar-refractivity contribution < 1.29 is 27.4 Å². The second-order valence-corrected chi connectivity index (χ2v) is 7.97. The van der Waals surface area contributed by atoms with E-state index in [-0.39, 0.29) is 29.4 Å². The average Bonchev–Trinajstić information content (AvgIpc) is 3.15. The molecule has 2 aromatic rings. The Labute approximate surface area is 170 Å². The smallest absolute Gasteiger partial charge is 0.446 e. The zero-order valence-corrected chi connectivity index (χ0v) is 16.3. The van der Waals surface area contributed by atoms with Gasteiger partial charge in [0.1, 0.15) is 0 Å². The molecule has 9 heteroatoms. The number of ether oxygens (including phenoxy) is 2. The molecule has 2 aromatic carbocycles. The van der Waals surface area contributed by atoms with Crippen molar-refractivity contribution in [2.75, 3.05) is 33.0 Å². The number of piperazine rings is 1. The Morgan fingerprint density at radius 3 is 2.34 bits per heavy atom. The van der Waals surface area contributed by atoms with Crippen LogP contribution in [0.1, 0.15) is 15.9 Å². The molecule has 4 rings (SSSR count). The summed E-state index contributed by atoms with van der Waals surface area (Å²) in [5.41, 5.74) is -2.81. The molecule has 1 saturated heterocycles. The normalized spacial score (nSPS) is 16.9. The van der Waals surface area contributed by atoms with Crippen LogP contribution < -0.4 is 9.47 Å². The van der Waals surface area contributed by atoms with E-state index >= 15 is 0 Å². The number of amides is 1. The van der Waals surface area contributed by atoms with Crippen molar-refractivity contribution in [3.8, 4) is 11.5 Å². The van der Waals surface area contributed by atoms with Crippen LogP contribution in [-0.2, 0) is 6.54 Å². The van der Waals surface area contributed by atoms with Gasteiger partial charge in [0.25, 0.3) is 5.91 Å². The maximum Gasteiger partial charge on any atom is 0.446 e. The minimum absolute atomic E-state index is 0.0718. The molecule has 0 radical (unpaired) electrons. The monoisotopic (exact) mass is 424 g/mol. The summed E-state index contributed by atoms with van der Waals surface area (Å²) in [5.74, 6) is 1.35. The van der Waals surface area contributed by atoms with Gasteiger partial charge in [0, 0.05) is 43.2 Å². The SMILES string of the molecule is O=C(c1ccc(SC(F)(F)F)cc1)N1CCN(Cc2ccc3c(c2)OCO3)CC1. The fourth-order valence-corrected chi connectivity index (χ4v) is 3.93. The molecule has 29 heavy (non-hydrogen) atoms.